The predicted molar refractivity (Wildman–Crippen MR) is 67.5 cm³/mol. The van der Waals surface area contributed by atoms with E-state index in [-0.39, 0.29) is 0 Å². The van der Waals surface area contributed by atoms with Crippen molar-refractivity contribution in [2.45, 2.75) is 13.8 Å². The van der Waals surface area contributed by atoms with Crippen molar-refractivity contribution in [3.05, 3.63) is 28.2 Å². The molecule has 0 bridgehead atoms. The fraction of sp³-hybridized carbons (Fsp3) is 0.500. The van der Waals surface area contributed by atoms with Crippen molar-refractivity contribution < 1.29 is 4.74 Å². The van der Waals surface area contributed by atoms with Gasteiger partial charge in [-0.3, -0.25) is 0 Å². The number of hydrogen-bond donors (Lipinski definition) is 1. The van der Waals surface area contributed by atoms with Crippen LogP contribution < -0.4 is 10.1 Å². The molecule has 0 radical (unpaired) electrons. The zero-order valence-corrected chi connectivity index (χ0v) is 11.1. The third kappa shape index (κ3) is 4.22. The van der Waals surface area contributed by atoms with Gasteiger partial charge < -0.3 is 10.1 Å². The predicted octanol–water partition coefficient (Wildman–Crippen LogP) is 2.99. The Morgan fingerprint density at radius 3 is 2.80 bits per heavy atom. The van der Waals surface area contributed by atoms with E-state index in [2.05, 4.69) is 41.2 Å². The Morgan fingerprint density at radius 2 is 2.20 bits per heavy atom. The molecule has 84 valence electrons. The average Bonchev–Trinajstić information content (AvgIpc) is 2.17. The van der Waals surface area contributed by atoms with Gasteiger partial charge >= 0.3 is 0 Å². The van der Waals surface area contributed by atoms with Gasteiger partial charge in [0, 0.05) is 16.9 Å². The SMILES string of the molecule is CNCC(C)COc1ccc(Br)cc1C. The normalized spacial score (nSPS) is 12.5. The summed E-state index contributed by atoms with van der Waals surface area (Å²) in [4.78, 5) is 0. The molecule has 0 spiro atoms. The molecule has 1 aromatic rings. The number of aryl methyl sites for hydroxylation is 1. The number of halogens is 1. The highest BCUT2D eigenvalue weighted by molar-refractivity contribution is 9.10. The van der Waals surface area contributed by atoms with Gasteiger partial charge in [0.1, 0.15) is 5.75 Å². The molecule has 0 aliphatic rings. The molecule has 0 aliphatic carbocycles. The van der Waals surface area contributed by atoms with Gasteiger partial charge in [0.25, 0.3) is 0 Å². The van der Waals surface area contributed by atoms with Crippen LogP contribution in [0, 0.1) is 12.8 Å². The fourth-order valence-corrected chi connectivity index (χ4v) is 1.89. The van der Waals surface area contributed by atoms with E-state index in [4.69, 9.17) is 4.74 Å². The van der Waals surface area contributed by atoms with Crippen molar-refractivity contribution in [2.24, 2.45) is 5.92 Å². The van der Waals surface area contributed by atoms with E-state index in [0.717, 1.165) is 23.4 Å². The number of nitrogens with one attached hydrogen (secondary N) is 1. The summed E-state index contributed by atoms with van der Waals surface area (Å²) in [6.45, 7) is 5.96. The summed E-state index contributed by atoms with van der Waals surface area (Å²) < 4.78 is 6.84. The maximum atomic E-state index is 5.75. The molecule has 0 fully saturated rings. The molecule has 1 rings (SSSR count). The summed E-state index contributed by atoms with van der Waals surface area (Å²) in [7, 11) is 1.96. The number of rotatable bonds is 5. The van der Waals surface area contributed by atoms with Crippen LogP contribution in [-0.2, 0) is 0 Å². The first-order valence-electron chi connectivity index (χ1n) is 5.17. The fourth-order valence-electron chi connectivity index (χ4n) is 1.41. The van der Waals surface area contributed by atoms with Crippen LogP contribution >= 0.6 is 15.9 Å². The van der Waals surface area contributed by atoms with Gasteiger partial charge in [-0.2, -0.15) is 0 Å². The Balaban J connectivity index is 2.50. The molecule has 0 aromatic heterocycles. The van der Waals surface area contributed by atoms with E-state index in [1.54, 1.807) is 0 Å². The molecular formula is C12H18BrNO. The third-order valence-electron chi connectivity index (χ3n) is 2.21. The maximum absolute atomic E-state index is 5.75. The van der Waals surface area contributed by atoms with Crippen LogP contribution in [0.15, 0.2) is 22.7 Å². The quantitative estimate of drug-likeness (QED) is 0.889. The average molecular weight is 272 g/mol. The highest BCUT2D eigenvalue weighted by atomic mass is 79.9. The van der Waals surface area contributed by atoms with Crippen LogP contribution in [-0.4, -0.2) is 20.2 Å². The molecule has 0 saturated carbocycles. The first-order chi connectivity index (χ1) is 7.13. The van der Waals surface area contributed by atoms with E-state index in [1.807, 2.05) is 19.2 Å². The second kappa shape index (κ2) is 6.13. The monoisotopic (exact) mass is 271 g/mol. The smallest absolute Gasteiger partial charge is 0.122 e. The summed E-state index contributed by atoms with van der Waals surface area (Å²) in [5, 5.41) is 3.14. The molecule has 2 nitrogen and oxygen atoms in total. The van der Waals surface area contributed by atoms with Gasteiger partial charge in [0.2, 0.25) is 0 Å². The van der Waals surface area contributed by atoms with Crippen molar-refractivity contribution >= 4 is 15.9 Å². The summed E-state index contributed by atoms with van der Waals surface area (Å²) in [6, 6.07) is 6.08. The van der Waals surface area contributed by atoms with Crippen LogP contribution in [0.1, 0.15) is 12.5 Å². The standard InChI is InChI=1S/C12H18BrNO/c1-9(7-14-3)8-15-12-5-4-11(13)6-10(12)2/h4-6,9,14H,7-8H2,1-3H3. The van der Waals surface area contributed by atoms with E-state index in [9.17, 15) is 0 Å². The number of ether oxygens (including phenoxy) is 1. The largest absolute Gasteiger partial charge is 0.493 e. The minimum Gasteiger partial charge on any atom is -0.493 e. The van der Waals surface area contributed by atoms with Crippen LogP contribution in [0.4, 0.5) is 0 Å². The van der Waals surface area contributed by atoms with E-state index in [0.29, 0.717) is 5.92 Å². The Morgan fingerprint density at radius 1 is 1.47 bits per heavy atom. The van der Waals surface area contributed by atoms with Gasteiger partial charge in [0.15, 0.2) is 0 Å². The lowest BCUT2D eigenvalue weighted by atomic mass is 10.2. The molecule has 0 saturated heterocycles. The summed E-state index contributed by atoms with van der Waals surface area (Å²) in [5.74, 6) is 1.50. The Kier molecular flexibility index (Phi) is 5.12. The molecule has 3 heteroatoms. The molecule has 1 atom stereocenters. The summed E-state index contributed by atoms with van der Waals surface area (Å²) >= 11 is 3.44. The zero-order chi connectivity index (χ0) is 11.3. The lowest BCUT2D eigenvalue weighted by molar-refractivity contribution is 0.256. The van der Waals surface area contributed by atoms with Gasteiger partial charge in [-0.25, -0.2) is 0 Å². The van der Waals surface area contributed by atoms with Crippen LogP contribution in [0.25, 0.3) is 0 Å². The van der Waals surface area contributed by atoms with Crippen molar-refractivity contribution in [1.82, 2.24) is 5.32 Å². The topological polar surface area (TPSA) is 21.3 Å². The van der Waals surface area contributed by atoms with Crippen molar-refractivity contribution in [3.63, 3.8) is 0 Å². The minimum absolute atomic E-state index is 0.526. The lowest BCUT2D eigenvalue weighted by Crippen LogP contribution is -2.21. The number of benzene rings is 1. The Hall–Kier alpha value is -0.540. The van der Waals surface area contributed by atoms with Gasteiger partial charge in [-0.1, -0.05) is 22.9 Å². The van der Waals surface area contributed by atoms with E-state index in [1.165, 1.54) is 5.56 Å². The first-order valence-corrected chi connectivity index (χ1v) is 5.96. The van der Waals surface area contributed by atoms with E-state index >= 15 is 0 Å². The molecule has 0 heterocycles. The Bertz CT molecular complexity index is 314. The lowest BCUT2D eigenvalue weighted by Gasteiger charge is -2.14. The van der Waals surface area contributed by atoms with Crippen LogP contribution in [0.3, 0.4) is 0 Å². The minimum atomic E-state index is 0.526. The van der Waals surface area contributed by atoms with Gasteiger partial charge in [0.05, 0.1) is 6.61 Å². The van der Waals surface area contributed by atoms with Crippen molar-refractivity contribution in [2.75, 3.05) is 20.2 Å². The van der Waals surface area contributed by atoms with E-state index < -0.39 is 0 Å². The summed E-state index contributed by atoms with van der Waals surface area (Å²) in [5.41, 5.74) is 1.17. The van der Waals surface area contributed by atoms with Gasteiger partial charge in [-0.05, 0) is 37.7 Å². The van der Waals surface area contributed by atoms with Crippen LogP contribution in [0.2, 0.25) is 0 Å². The molecular weight excluding hydrogens is 254 g/mol. The van der Waals surface area contributed by atoms with Crippen molar-refractivity contribution in [1.29, 1.82) is 0 Å². The Labute approximate surface area is 100 Å². The molecule has 0 aliphatic heterocycles. The molecule has 1 aromatic carbocycles. The molecule has 15 heavy (non-hydrogen) atoms. The maximum Gasteiger partial charge on any atom is 0.122 e. The molecule has 0 amide bonds. The first kappa shape index (κ1) is 12.5. The van der Waals surface area contributed by atoms with Crippen molar-refractivity contribution in [3.8, 4) is 5.75 Å². The second-order valence-corrected chi connectivity index (χ2v) is 4.80. The zero-order valence-electron chi connectivity index (χ0n) is 9.51. The third-order valence-corrected chi connectivity index (χ3v) is 2.71. The second-order valence-electron chi connectivity index (χ2n) is 3.88. The summed E-state index contributed by atoms with van der Waals surface area (Å²) in [6.07, 6.45) is 0. The molecule has 1 unspecified atom stereocenters. The van der Waals surface area contributed by atoms with Gasteiger partial charge in [-0.15, -0.1) is 0 Å². The highest BCUT2D eigenvalue weighted by Crippen LogP contribution is 2.22. The molecule has 1 N–H and O–H groups in total. The highest BCUT2D eigenvalue weighted by Gasteiger charge is 2.04. The van der Waals surface area contributed by atoms with Crippen LogP contribution in [0.5, 0.6) is 5.75 Å². The number of hydrogen-bond acceptors (Lipinski definition) is 2.